The van der Waals surface area contributed by atoms with E-state index in [-0.39, 0.29) is 11.8 Å². The Morgan fingerprint density at radius 3 is 2.87 bits per heavy atom. The van der Waals surface area contributed by atoms with Crippen molar-refractivity contribution in [3.05, 3.63) is 0 Å². The lowest BCUT2D eigenvalue weighted by Gasteiger charge is -2.22. The topological polar surface area (TPSA) is 66.8 Å². The molecule has 5 nitrogen and oxygen atoms in total. The van der Waals surface area contributed by atoms with Gasteiger partial charge in [-0.3, -0.25) is 4.79 Å². The minimum Gasteiger partial charge on any atom is -0.480 e. The van der Waals surface area contributed by atoms with Crippen molar-refractivity contribution in [1.82, 2.24) is 4.90 Å². The second-order valence-electron chi connectivity index (χ2n) is 3.72. The van der Waals surface area contributed by atoms with Crippen LogP contribution in [0.2, 0.25) is 0 Å². The van der Waals surface area contributed by atoms with Crippen LogP contribution in [0.15, 0.2) is 0 Å². The number of carboxylic acid groups (broad SMARTS) is 1. The number of carbonyl (C=O) groups is 2. The van der Waals surface area contributed by atoms with Crippen LogP contribution in [0.4, 0.5) is 0 Å². The fraction of sp³-hybridized carbons (Fsp3) is 0.778. The molecule has 0 aromatic rings. The number of carbonyl (C=O) groups excluding carboxylic acids is 1. The van der Waals surface area contributed by atoms with Gasteiger partial charge in [0.05, 0.1) is 18.4 Å². The van der Waals surface area contributed by atoms with E-state index < -0.39 is 12.0 Å². The molecule has 84 valence electrons. The first kappa shape index (κ1) is 10.8. The Labute approximate surface area is 91.8 Å². The van der Waals surface area contributed by atoms with Crippen LogP contribution in [0.25, 0.3) is 0 Å². The number of nitrogens with zero attached hydrogens (tertiary/aromatic N) is 1. The highest BCUT2D eigenvalue weighted by atomic mass is 32.2. The Morgan fingerprint density at radius 1 is 1.47 bits per heavy atom. The van der Waals surface area contributed by atoms with Crippen LogP contribution in [0.1, 0.15) is 6.42 Å². The molecule has 6 heteroatoms. The Hall–Kier alpha value is -0.750. The van der Waals surface area contributed by atoms with E-state index in [1.54, 1.807) is 0 Å². The largest absolute Gasteiger partial charge is 0.480 e. The van der Waals surface area contributed by atoms with Crippen molar-refractivity contribution in [2.75, 3.05) is 24.8 Å². The van der Waals surface area contributed by atoms with Crippen LogP contribution in [-0.4, -0.2) is 52.8 Å². The smallest absolute Gasteiger partial charge is 0.327 e. The molecule has 2 atom stereocenters. The van der Waals surface area contributed by atoms with E-state index in [4.69, 9.17) is 9.84 Å². The molecule has 2 aliphatic rings. The van der Waals surface area contributed by atoms with Crippen molar-refractivity contribution in [1.29, 1.82) is 0 Å². The minimum atomic E-state index is -0.910. The number of ether oxygens (including phenoxy) is 1. The van der Waals surface area contributed by atoms with Gasteiger partial charge < -0.3 is 14.7 Å². The Morgan fingerprint density at radius 2 is 2.27 bits per heavy atom. The van der Waals surface area contributed by atoms with Gasteiger partial charge in [-0.15, -0.1) is 11.8 Å². The van der Waals surface area contributed by atoms with Crippen LogP contribution in [-0.2, 0) is 14.3 Å². The number of carboxylic acids is 1. The van der Waals surface area contributed by atoms with Gasteiger partial charge in [0.25, 0.3) is 0 Å². The van der Waals surface area contributed by atoms with E-state index in [9.17, 15) is 9.59 Å². The highest BCUT2D eigenvalue weighted by Gasteiger charge is 2.38. The third kappa shape index (κ3) is 2.10. The van der Waals surface area contributed by atoms with Gasteiger partial charge >= 0.3 is 5.97 Å². The number of hydrogen-bond acceptors (Lipinski definition) is 4. The average Bonchev–Trinajstić information content (AvgIpc) is 2.88. The molecule has 0 radical (unpaired) electrons. The Kier molecular flexibility index (Phi) is 3.16. The lowest BCUT2D eigenvalue weighted by Crippen LogP contribution is -2.44. The van der Waals surface area contributed by atoms with Crippen LogP contribution in [0.3, 0.4) is 0 Å². The van der Waals surface area contributed by atoms with E-state index in [1.165, 1.54) is 16.7 Å². The summed E-state index contributed by atoms with van der Waals surface area (Å²) in [7, 11) is 0. The number of amides is 1. The van der Waals surface area contributed by atoms with E-state index in [1.807, 2.05) is 0 Å². The fourth-order valence-corrected chi connectivity index (χ4v) is 2.98. The van der Waals surface area contributed by atoms with Crippen molar-refractivity contribution < 1.29 is 19.4 Å². The number of aliphatic carboxylic acids is 1. The molecule has 0 spiro atoms. The maximum absolute atomic E-state index is 11.9. The molecule has 0 bridgehead atoms. The predicted molar refractivity (Wildman–Crippen MR) is 54.5 cm³/mol. The molecule has 1 amide bonds. The van der Waals surface area contributed by atoms with Crippen LogP contribution in [0.5, 0.6) is 0 Å². The van der Waals surface area contributed by atoms with Gasteiger partial charge in [0.15, 0.2) is 0 Å². The van der Waals surface area contributed by atoms with E-state index in [0.717, 1.165) is 0 Å². The van der Waals surface area contributed by atoms with Gasteiger partial charge in [0, 0.05) is 12.4 Å². The molecule has 15 heavy (non-hydrogen) atoms. The molecule has 2 fully saturated rings. The first-order chi connectivity index (χ1) is 7.20. The zero-order valence-corrected chi connectivity index (χ0v) is 9.03. The molecule has 2 heterocycles. The van der Waals surface area contributed by atoms with Crippen LogP contribution >= 0.6 is 11.8 Å². The third-order valence-corrected chi connectivity index (χ3v) is 3.74. The average molecular weight is 231 g/mol. The van der Waals surface area contributed by atoms with Gasteiger partial charge in [-0.25, -0.2) is 4.79 Å². The molecule has 0 aromatic heterocycles. The first-order valence-corrected chi connectivity index (χ1v) is 6.04. The maximum Gasteiger partial charge on any atom is 0.327 e. The van der Waals surface area contributed by atoms with E-state index in [0.29, 0.717) is 31.3 Å². The zero-order valence-electron chi connectivity index (χ0n) is 8.22. The summed E-state index contributed by atoms with van der Waals surface area (Å²) in [6.07, 6.45) is 0.715. The van der Waals surface area contributed by atoms with Crippen molar-refractivity contribution in [2.24, 2.45) is 5.92 Å². The molecule has 2 aliphatic heterocycles. The molecule has 2 rings (SSSR count). The van der Waals surface area contributed by atoms with Gasteiger partial charge in [-0.1, -0.05) is 0 Å². The van der Waals surface area contributed by atoms with Crippen molar-refractivity contribution in [2.45, 2.75) is 12.5 Å². The van der Waals surface area contributed by atoms with Crippen molar-refractivity contribution in [3.8, 4) is 0 Å². The Balaban J connectivity index is 2.02. The molecule has 2 saturated heterocycles. The second-order valence-corrected chi connectivity index (χ2v) is 4.72. The molecule has 1 N–H and O–H groups in total. The Bertz CT molecular complexity index is 277. The third-order valence-electron chi connectivity index (χ3n) is 2.73. The lowest BCUT2D eigenvalue weighted by molar-refractivity contribution is -0.149. The van der Waals surface area contributed by atoms with E-state index in [2.05, 4.69) is 0 Å². The molecular weight excluding hydrogens is 218 g/mol. The monoisotopic (exact) mass is 231 g/mol. The number of thioether (sulfide) groups is 1. The van der Waals surface area contributed by atoms with Gasteiger partial charge in [0.1, 0.15) is 6.04 Å². The standard InChI is InChI=1S/C9H13NO4S/c11-8(6-1-2-14-3-6)10-5-15-4-7(10)9(12)13/h6-7H,1-5H2,(H,12,13)/t6?,7-/m0/s1. The highest BCUT2D eigenvalue weighted by Crippen LogP contribution is 2.25. The summed E-state index contributed by atoms with van der Waals surface area (Å²) in [5.74, 6) is -0.122. The zero-order chi connectivity index (χ0) is 10.8. The first-order valence-electron chi connectivity index (χ1n) is 4.89. The molecule has 0 saturated carbocycles. The molecule has 1 unspecified atom stereocenters. The molecule has 0 aromatic carbocycles. The summed E-state index contributed by atoms with van der Waals surface area (Å²) in [4.78, 5) is 24.3. The van der Waals surface area contributed by atoms with E-state index >= 15 is 0 Å². The second kappa shape index (κ2) is 4.40. The minimum absolute atomic E-state index is 0.0649. The van der Waals surface area contributed by atoms with Gasteiger partial charge in [-0.05, 0) is 6.42 Å². The van der Waals surface area contributed by atoms with Gasteiger partial charge in [0.2, 0.25) is 5.91 Å². The van der Waals surface area contributed by atoms with Crippen LogP contribution in [0, 0.1) is 5.92 Å². The number of hydrogen-bond donors (Lipinski definition) is 1. The molecule has 0 aliphatic carbocycles. The summed E-state index contributed by atoms with van der Waals surface area (Å²) in [5.41, 5.74) is 0. The van der Waals surface area contributed by atoms with Crippen LogP contribution < -0.4 is 0 Å². The normalized spacial score (nSPS) is 30.8. The number of rotatable bonds is 2. The summed E-state index contributed by atoms with van der Waals surface area (Å²) in [6.45, 7) is 1.04. The SMILES string of the molecule is O=C(O)[C@@H]1CSCN1C(=O)C1CCOC1. The molecular formula is C9H13NO4S. The van der Waals surface area contributed by atoms with Crippen molar-refractivity contribution in [3.63, 3.8) is 0 Å². The van der Waals surface area contributed by atoms with Crippen molar-refractivity contribution >= 4 is 23.6 Å². The van der Waals surface area contributed by atoms with Gasteiger partial charge in [-0.2, -0.15) is 0 Å². The summed E-state index contributed by atoms with van der Waals surface area (Å²) < 4.78 is 5.13. The highest BCUT2D eigenvalue weighted by molar-refractivity contribution is 7.99. The summed E-state index contributed by atoms with van der Waals surface area (Å²) in [5, 5.41) is 8.94. The predicted octanol–water partition coefficient (Wildman–Crippen LogP) is 0.00900. The quantitative estimate of drug-likeness (QED) is 0.725. The maximum atomic E-state index is 11.9. The lowest BCUT2D eigenvalue weighted by atomic mass is 10.1. The fourth-order valence-electron chi connectivity index (χ4n) is 1.83. The summed E-state index contributed by atoms with van der Waals surface area (Å²) in [6, 6.07) is -0.650. The summed E-state index contributed by atoms with van der Waals surface area (Å²) >= 11 is 1.49.